The molecule has 9 aromatic rings. The first-order valence-corrected chi connectivity index (χ1v) is 23.5. The molecule has 8 aromatic carbocycles. The van der Waals surface area contributed by atoms with Crippen molar-refractivity contribution in [2.24, 2.45) is 0 Å². The molecule has 4 nitrogen and oxygen atoms in total. The quantitative estimate of drug-likeness (QED) is 0.134. The van der Waals surface area contributed by atoms with Crippen molar-refractivity contribution in [3.63, 3.8) is 0 Å². The van der Waals surface area contributed by atoms with Gasteiger partial charge in [-0.05, 0) is 153 Å². The van der Waals surface area contributed by atoms with Crippen LogP contribution in [0.25, 0.3) is 38.6 Å². The van der Waals surface area contributed by atoms with E-state index in [2.05, 4.69) is 258 Å². The molecule has 0 spiro atoms. The Morgan fingerprint density at radius 3 is 1.85 bits per heavy atom. The van der Waals surface area contributed by atoms with E-state index in [1.807, 2.05) is 0 Å². The van der Waals surface area contributed by atoms with Crippen LogP contribution in [0, 0.1) is 6.92 Å². The van der Waals surface area contributed by atoms with Gasteiger partial charge in [0.25, 0.3) is 0 Å². The van der Waals surface area contributed by atoms with Crippen molar-refractivity contribution in [1.82, 2.24) is 4.57 Å². The van der Waals surface area contributed by atoms with Gasteiger partial charge in [-0.25, -0.2) is 0 Å². The van der Waals surface area contributed by atoms with Crippen LogP contribution in [-0.2, 0) is 0 Å². The minimum absolute atomic E-state index is 0.188. The fraction of sp³-hybridized carbons (Fsp3) is 0.129. The summed E-state index contributed by atoms with van der Waals surface area (Å²) in [5.74, 6) is 0.449. The topological polar surface area (TPSA) is 14.7 Å². The second kappa shape index (κ2) is 16.6. The van der Waals surface area contributed by atoms with Gasteiger partial charge in [0.2, 0.25) is 0 Å². The highest BCUT2D eigenvalue weighted by molar-refractivity contribution is 6.10. The molecule has 66 heavy (non-hydrogen) atoms. The SMILES string of the molecule is CC1=CCC(N(c2ccc(-c3ccc(N(c4ccc(C)cc4)c4ccc5c(c4)C4CCC=CC4N5c4ccccc4)cc3)cc2)c2ccc3c(c2)c2ccccc2n3-c2ccccc2)C=C1. The molecule has 0 saturated carbocycles. The van der Waals surface area contributed by atoms with E-state index in [-0.39, 0.29) is 6.04 Å². The Hall–Kier alpha value is -7.82. The van der Waals surface area contributed by atoms with Gasteiger partial charge in [0.05, 0.1) is 23.1 Å². The molecule has 320 valence electrons. The number of hydrogen-bond donors (Lipinski definition) is 0. The van der Waals surface area contributed by atoms with Crippen LogP contribution < -0.4 is 14.7 Å². The highest BCUT2D eigenvalue weighted by Gasteiger charge is 2.39. The predicted molar refractivity (Wildman–Crippen MR) is 279 cm³/mol. The van der Waals surface area contributed by atoms with Gasteiger partial charge in [-0.3, -0.25) is 0 Å². The summed E-state index contributed by atoms with van der Waals surface area (Å²) in [6, 6.07) is 72.3. The zero-order valence-electron chi connectivity index (χ0n) is 37.5. The number of anilines is 7. The summed E-state index contributed by atoms with van der Waals surface area (Å²) in [6.45, 7) is 4.35. The molecule has 2 heterocycles. The second-order valence-electron chi connectivity index (χ2n) is 18.2. The highest BCUT2D eigenvalue weighted by atomic mass is 15.2. The fourth-order valence-electron chi connectivity index (χ4n) is 10.8. The van der Waals surface area contributed by atoms with Gasteiger partial charge in [-0.2, -0.15) is 0 Å². The Kier molecular flexibility index (Phi) is 10.0. The maximum absolute atomic E-state index is 2.54. The minimum Gasteiger partial charge on any atom is -0.334 e. The van der Waals surface area contributed by atoms with E-state index in [4.69, 9.17) is 0 Å². The van der Waals surface area contributed by atoms with Crippen molar-refractivity contribution in [2.45, 2.75) is 51.1 Å². The smallest absolute Gasteiger partial charge is 0.0591 e. The van der Waals surface area contributed by atoms with E-state index in [0.29, 0.717) is 12.0 Å². The zero-order chi connectivity index (χ0) is 44.1. The molecular weight excluding hydrogens is 801 g/mol. The van der Waals surface area contributed by atoms with Crippen LogP contribution >= 0.6 is 0 Å². The van der Waals surface area contributed by atoms with Crippen LogP contribution in [-0.4, -0.2) is 16.7 Å². The van der Waals surface area contributed by atoms with Crippen molar-refractivity contribution < 1.29 is 0 Å². The maximum atomic E-state index is 2.54. The first kappa shape index (κ1) is 39.7. The Labute approximate surface area is 388 Å². The van der Waals surface area contributed by atoms with E-state index < -0.39 is 0 Å². The van der Waals surface area contributed by atoms with Crippen molar-refractivity contribution in [3.05, 3.63) is 241 Å². The van der Waals surface area contributed by atoms with Crippen LogP contribution in [0.2, 0.25) is 0 Å². The van der Waals surface area contributed by atoms with E-state index in [0.717, 1.165) is 30.6 Å². The lowest BCUT2D eigenvalue weighted by Gasteiger charge is -2.33. The van der Waals surface area contributed by atoms with Crippen molar-refractivity contribution in [2.75, 3.05) is 14.7 Å². The molecule has 0 fully saturated rings. The van der Waals surface area contributed by atoms with Crippen LogP contribution in [0.3, 0.4) is 0 Å². The molecule has 0 saturated heterocycles. The van der Waals surface area contributed by atoms with Gasteiger partial charge in [-0.1, -0.05) is 133 Å². The number of aryl methyl sites for hydroxylation is 1. The summed E-state index contributed by atoms with van der Waals surface area (Å²) in [5, 5.41) is 2.51. The van der Waals surface area contributed by atoms with E-state index in [9.17, 15) is 0 Å². The third kappa shape index (κ3) is 7.01. The van der Waals surface area contributed by atoms with E-state index >= 15 is 0 Å². The van der Waals surface area contributed by atoms with Gasteiger partial charge >= 0.3 is 0 Å². The number of benzene rings is 8. The molecule has 1 aliphatic heterocycles. The molecule has 0 N–H and O–H groups in total. The summed E-state index contributed by atoms with van der Waals surface area (Å²) in [7, 11) is 0. The Bertz CT molecular complexity index is 3300. The predicted octanol–water partition coefficient (Wildman–Crippen LogP) is 16.6. The number of fused-ring (bicyclic) bond motifs is 6. The standard InChI is InChI=1S/C62H52N4/c1-43-21-29-49(30-22-43)63(53-37-39-61-57(41-53)55-17-9-11-19-59(55)65(61)47-13-5-3-6-14-47)51-33-25-45(26-34-51)46-27-35-52(36-28-46)64(50-31-23-44(2)24-32-50)54-38-40-62-58(42-54)56-18-10-12-20-60(56)66(62)48-15-7-4-8-16-48/h3-9,11-17,19-29,31-42,49,56,60H,10,18,30H2,1-2H3. The minimum atomic E-state index is 0.188. The molecule has 2 aliphatic carbocycles. The largest absolute Gasteiger partial charge is 0.334 e. The highest BCUT2D eigenvalue weighted by Crippen LogP contribution is 2.51. The Morgan fingerprint density at radius 2 is 1.14 bits per heavy atom. The van der Waals surface area contributed by atoms with Gasteiger partial charge in [0, 0.05) is 62.2 Å². The molecule has 3 unspecified atom stereocenters. The first-order chi connectivity index (χ1) is 32.6. The summed E-state index contributed by atoms with van der Waals surface area (Å²) >= 11 is 0. The molecule has 4 heteroatoms. The van der Waals surface area contributed by atoms with Crippen LogP contribution in [0.15, 0.2) is 230 Å². The number of aromatic nitrogens is 1. The molecule has 0 radical (unpaired) electrons. The summed E-state index contributed by atoms with van der Waals surface area (Å²) in [5.41, 5.74) is 18.4. The van der Waals surface area contributed by atoms with Crippen LogP contribution in [0.5, 0.6) is 0 Å². The number of hydrogen-bond acceptors (Lipinski definition) is 3. The lowest BCUT2D eigenvalue weighted by atomic mass is 9.86. The molecule has 3 aliphatic rings. The van der Waals surface area contributed by atoms with Gasteiger partial charge < -0.3 is 19.3 Å². The van der Waals surface area contributed by atoms with Gasteiger partial charge in [0.1, 0.15) is 0 Å². The molecule has 0 amide bonds. The van der Waals surface area contributed by atoms with Gasteiger partial charge in [-0.15, -0.1) is 0 Å². The number of para-hydroxylation sites is 3. The second-order valence-corrected chi connectivity index (χ2v) is 18.2. The van der Waals surface area contributed by atoms with Crippen LogP contribution in [0.4, 0.5) is 39.8 Å². The zero-order valence-corrected chi connectivity index (χ0v) is 37.5. The third-order valence-electron chi connectivity index (χ3n) is 14.1. The maximum Gasteiger partial charge on any atom is 0.0591 e. The summed E-state index contributed by atoms with van der Waals surface area (Å²) in [6.07, 6.45) is 15.0. The average molecular weight is 853 g/mol. The fourth-order valence-corrected chi connectivity index (χ4v) is 10.8. The van der Waals surface area contributed by atoms with E-state index in [1.54, 1.807) is 0 Å². The first-order valence-electron chi connectivity index (χ1n) is 23.5. The lowest BCUT2D eigenvalue weighted by Crippen LogP contribution is -2.30. The number of nitrogens with zero attached hydrogens (tertiary/aromatic N) is 4. The molecule has 1 aromatic heterocycles. The monoisotopic (exact) mass is 852 g/mol. The summed E-state index contributed by atoms with van der Waals surface area (Å²) in [4.78, 5) is 7.48. The molecular formula is C62H52N4. The molecule has 12 rings (SSSR count). The average Bonchev–Trinajstić information content (AvgIpc) is 3.89. The normalized spacial score (nSPS) is 17.5. The van der Waals surface area contributed by atoms with Gasteiger partial charge in [0.15, 0.2) is 0 Å². The van der Waals surface area contributed by atoms with Crippen molar-refractivity contribution in [1.29, 1.82) is 0 Å². The summed E-state index contributed by atoms with van der Waals surface area (Å²) < 4.78 is 2.39. The van der Waals surface area contributed by atoms with Crippen molar-refractivity contribution in [3.8, 4) is 16.8 Å². The Balaban J connectivity index is 0.885. The lowest BCUT2D eigenvalue weighted by molar-refractivity contribution is 0.573. The molecule has 0 bridgehead atoms. The molecule has 3 atom stereocenters. The number of allylic oxidation sites excluding steroid dienone is 3. The number of rotatable bonds is 9. The third-order valence-corrected chi connectivity index (χ3v) is 14.1. The van der Waals surface area contributed by atoms with Crippen molar-refractivity contribution >= 4 is 61.6 Å². The van der Waals surface area contributed by atoms with E-state index in [1.165, 1.54) is 83.8 Å². The Morgan fingerprint density at radius 1 is 0.515 bits per heavy atom. The van der Waals surface area contributed by atoms with Crippen LogP contribution in [0.1, 0.15) is 43.2 Å².